The number of nitrogens with zero attached hydrogens (tertiary/aromatic N) is 3. The summed E-state index contributed by atoms with van der Waals surface area (Å²) in [7, 11) is -1.72. The van der Waals surface area contributed by atoms with E-state index in [1.54, 1.807) is 18.0 Å². The number of benzene rings is 1. The van der Waals surface area contributed by atoms with E-state index in [0.29, 0.717) is 35.1 Å². The zero-order chi connectivity index (χ0) is 18.1. The molecule has 1 aliphatic rings. The predicted octanol–water partition coefficient (Wildman–Crippen LogP) is 1.70. The summed E-state index contributed by atoms with van der Waals surface area (Å²) in [5.74, 6) is -0.261. The van der Waals surface area contributed by atoms with Gasteiger partial charge >= 0.3 is 0 Å². The molecule has 0 N–H and O–H groups in total. The van der Waals surface area contributed by atoms with E-state index in [0.717, 1.165) is 6.26 Å². The van der Waals surface area contributed by atoms with Gasteiger partial charge in [-0.2, -0.15) is 0 Å². The molecule has 0 aliphatic carbocycles. The van der Waals surface area contributed by atoms with Crippen molar-refractivity contribution in [3.05, 3.63) is 37.4 Å². The summed E-state index contributed by atoms with van der Waals surface area (Å²) >= 11 is 1.98. The fourth-order valence-corrected chi connectivity index (χ4v) is 3.98. The van der Waals surface area contributed by atoms with E-state index in [-0.39, 0.29) is 17.6 Å². The number of amides is 1. The van der Waals surface area contributed by atoms with Crippen LogP contribution in [0.3, 0.4) is 0 Å². The fraction of sp³-hybridized carbons (Fsp3) is 0.500. The Hall–Kier alpha value is -1.27. The molecule has 0 radical (unpaired) electrons. The highest BCUT2D eigenvalue weighted by Gasteiger charge is 2.30. The number of carbonyl (C=O) groups excluding carboxylic acids is 1. The van der Waals surface area contributed by atoms with E-state index in [1.165, 1.54) is 16.4 Å². The van der Waals surface area contributed by atoms with E-state index in [1.807, 2.05) is 22.6 Å². The van der Waals surface area contributed by atoms with Crippen LogP contribution < -0.4 is 0 Å². The van der Waals surface area contributed by atoms with Crippen LogP contribution in [0.25, 0.3) is 0 Å². The second-order valence-electron chi connectivity index (χ2n) is 5.72. The molecular weight excluding hydrogens is 449 g/mol. The van der Waals surface area contributed by atoms with Gasteiger partial charge in [-0.25, -0.2) is 12.7 Å². The predicted molar refractivity (Wildman–Crippen MR) is 97.3 cm³/mol. The smallest absolute Gasteiger partial charge is 0.270 e. The van der Waals surface area contributed by atoms with E-state index < -0.39 is 14.9 Å². The summed E-state index contributed by atoms with van der Waals surface area (Å²) in [6.07, 6.45) is 2.25. The van der Waals surface area contributed by atoms with Gasteiger partial charge in [0.2, 0.25) is 10.0 Å². The molecule has 1 aliphatic heterocycles. The molecule has 0 atom stereocenters. The molecule has 1 aromatic carbocycles. The SMILES string of the molecule is CN(C1CCN(C(=O)c2cc([N+](=O)[O-])ccc2I)CC1)S(C)(=O)=O. The number of halogens is 1. The Balaban J connectivity index is 2.11. The maximum Gasteiger partial charge on any atom is 0.270 e. The van der Waals surface area contributed by atoms with Crippen LogP contribution in [0.1, 0.15) is 23.2 Å². The standard InChI is InChI=1S/C14H18IN3O5S/c1-16(24(2,22)23)10-5-7-17(8-6-10)14(19)12-9-11(18(20)21)3-4-13(12)15/h3-4,9-10H,5-8H2,1-2H3. The second kappa shape index (κ2) is 7.31. The molecule has 1 amide bonds. The lowest BCUT2D eigenvalue weighted by Gasteiger charge is -2.35. The highest BCUT2D eigenvalue weighted by molar-refractivity contribution is 14.1. The summed E-state index contributed by atoms with van der Waals surface area (Å²) < 4.78 is 25.2. The molecule has 0 saturated carbocycles. The van der Waals surface area contributed by atoms with Gasteiger partial charge in [0, 0.05) is 41.9 Å². The molecule has 1 heterocycles. The maximum absolute atomic E-state index is 12.6. The van der Waals surface area contributed by atoms with Crippen LogP contribution in [0.2, 0.25) is 0 Å². The van der Waals surface area contributed by atoms with Gasteiger partial charge in [0.15, 0.2) is 0 Å². The maximum atomic E-state index is 12.6. The van der Waals surface area contributed by atoms with Crippen molar-refractivity contribution in [3.8, 4) is 0 Å². The lowest BCUT2D eigenvalue weighted by atomic mass is 10.0. The number of hydrogen-bond acceptors (Lipinski definition) is 5. The van der Waals surface area contributed by atoms with Gasteiger partial charge < -0.3 is 4.90 Å². The minimum absolute atomic E-state index is 0.120. The van der Waals surface area contributed by atoms with Crippen LogP contribution in [0.4, 0.5) is 5.69 Å². The molecule has 0 aromatic heterocycles. The minimum Gasteiger partial charge on any atom is -0.338 e. The van der Waals surface area contributed by atoms with Crippen molar-refractivity contribution in [2.45, 2.75) is 18.9 Å². The number of nitro groups is 1. The Morgan fingerprint density at radius 2 is 1.96 bits per heavy atom. The molecule has 132 valence electrons. The molecule has 24 heavy (non-hydrogen) atoms. The number of non-ortho nitro benzene ring substituents is 1. The number of nitro benzene ring substituents is 1. The molecule has 0 spiro atoms. The van der Waals surface area contributed by atoms with E-state index in [4.69, 9.17) is 0 Å². The number of carbonyl (C=O) groups is 1. The summed E-state index contributed by atoms with van der Waals surface area (Å²) in [5, 5.41) is 10.9. The quantitative estimate of drug-likeness (QED) is 0.381. The van der Waals surface area contributed by atoms with Crippen molar-refractivity contribution in [1.29, 1.82) is 0 Å². The van der Waals surface area contributed by atoms with E-state index >= 15 is 0 Å². The van der Waals surface area contributed by atoms with Crippen molar-refractivity contribution in [2.24, 2.45) is 0 Å². The molecule has 2 rings (SSSR count). The third kappa shape index (κ3) is 4.22. The van der Waals surface area contributed by atoms with E-state index in [2.05, 4.69) is 0 Å². The summed E-state index contributed by atoms with van der Waals surface area (Å²) in [6.45, 7) is 0.838. The number of rotatable bonds is 4. The average molecular weight is 467 g/mol. The van der Waals surface area contributed by atoms with Gasteiger partial charge in [-0.15, -0.1) is 0 Å². The summed E-state index contributed by atoms with van der Waals surface area (Å²) in [5.41, 5.74) is 0.185. The Labute approximate surface area is 154 Å². The molecule has 10 heteroatoms. The first-order chi connectivity index (χ1) is 11.1. The van der Waals surface area contributed by atoms with Gasteiger partial charge in [-0.1, -0.05) is 0 Å². The van der Waals surface area contributed by atoms with Crippen molar-refractivity contribution in [1.82, 2.24) is 9.21 Å². The molecule has 1 fully saturated rings. The van der Waals surface area contributed by atoms with Crippen LogP contribution in [-0.2, 0) is 10.0 Å². The number of likely N-dealkylation sites (tertiary alicyclic amines) is 1. The van der Waals surface area contributed by atoms with Gasteiger partial charge in [-0.05, 0) is 41.5 Å². The van der Waals surface area contributed by atoms with Gasteiger partial charge in [0.05, 0.1) is 16.7 Å². The zero-order valence-electron chi connectivity index (χ0n) is 13.3. The molecule has 0 unspecified atom stereocenters. The van der Waals surface area contributed by atoms with Crippen molar-refractivity contribution < 1.29 is 18.1 Å². The van der Waals surface area contributed by atoms with Gasteiger partial charge in [0.1, 0.15) is 0 Å². The lowest BCUT2D eigenvalue weighted by Crippen LogP contribution is -2.47. The van der Waals surface area contributed by atoms with Gasteiger partial charge in [-0.3, -0.25) is 14.9 Å². The second-order valence-corrected chi connectivity index (χ2v) is 8.93. The third-order valence-electron chi connectivity index (χ3n) is 4.18. The number of piperidine rings is 1. The molecule has 0 bridgehead atoms. The number of sulfonamides is 1. The monoisotopic (exact) mass is 467 g/mol. The first-order valence-corrected chi connectivity index (χ1v) is 10.2. The Kier molecular flexibility index (Phi) is 5.81. The largest absolute Gasteiger partial charge is 0.338 e. The Morgan fingerprint density at radius 1 is 1.38 bits per heavy atom. The third-order valence-corrected chi connectivity index (χ3v) is 6.47. The van der Waals surface area contributed by atoms with Crippen LogP contribution in [0, 0.1) is 13.7 Å². The van der Waals surface area contributed by atoms with Crippen molar-refractivity contribution in [2.75, 3.05) is 26.4 Å². The highest BCUT2D eigenvalue weighted by atomic mass is 127. The van der Waals surface area contributed by atoms with Crippen LogP contribution in [0.15, 0.2) is 18.2 Å². The average Bonchev–Trinajstić information content (AvgIpc) is 2.53. The Bertz CT molecular complexity index is 760. The van der Waals surface area contributed by atoms with Crippen LogP contribution in [-0.4, -0.2) is 60.9 Å². The van der Waals surface area contributed by atoms with Crippen LogP contribution in [0.5, 0.6) is 0 Å². The van der Waals surface area contributed by atoms with Gasteiger partial charge in [0.25, 0.3) is 11.6 Å². The molecule has 1 saturated heterocycles. The molecule has 8 nitrogen and oxygen atoms in total. The zero-order valence-corrected chi connectivity index (χ0v) is 16.3. The molecule has 1 aromatic rings. The first-order valence-electron chi connectivity index (χ1n) is 7.27. The number of hydrogen-bond donors (Lipinski definition) is 0. The lowest BCUT2D eigenvalue weighted by molar-refractivity contribution is -0.384. The first kappa shape index (κ1) is 19.1. The minimum atomic E-state index is -3.26. The topological polar surface area (TPSA) is 101 Å². The van der Waals surface area contributed by atoms with Crippen molar-refractivity contribution in [3.63, 3.8) is 0 Å². The normalized spacial score (nSPS) is 16.4. The van der Waals surface area contributed by atoms with E-state index in [9.17, 15) is 23.3 Å². The highest BCUT2D eigenvalue weighted by Crippen LogP contribution is 2.24. The van der Waals surface area contributed by atoms with Crippen molar-refractivity contribution >= 4 is 44.2 Å². The molecular formula is C14H18IN3O5S. The van der Waals surface area contributed by atoms with Crippen LogP contribution >= 0.6 is 22.6 Å². The Morgan fingerprint density at radius 3 is 2.46 bits per heavy atom. The fourth-order valence-electron chi connectivity index (χ4n) is 2.66. The summed E-state index contributed by atoms with van der Waals surface area (Å²) in [4.78, 5) is 24.6. The summed E-state index contributed by atoms with van der Waals surface area (Å²) in [6, 6.07) is 4.08.